The Balaban J connectivity index is 4.26. The van der Waals surface area contributed by atoms with Crippen molar-refractivity contribution < 1.29 is 4.79 Å². The Morgan fingerprint density at radius 3 is 2.31 bits per heavy atom. The number of nitrogens with one attached hydrogen (secondary N) is 1. The summed E-state index contributed by atoms with van der Waals surface area (Å²) in [7, 11) is 0. The highest BCUT2D eigenvalue weighted by Gasteiger charge is 2.23. The Bertz CT molecular complexity index is 228. The molecule has 0 spiro atoms. The number of terminal acetylenes is 1. The predicted octanol–water partition coefficient (Wildman–Crippen LogP) is 1.47. The average Bonchev–Trinajstić information content (AvgIpc) is 2.02. The Kier molecular flexibility index (Phi) is 4.35. The minimum absolute atomic E-state index is 0.110. The first kappa shape index (κ1) is 12.4. The number of carbonyl (C=O) groups excluding carboxylic acids is 1. The molecule has 1 atom stereocenters. The summed E-state index contributed by atoms with van der Waals surface area (Å²) in [5.41, 5.74) is -0.590. The van der Waals surface area contributed by atoms with Gasteiger partial charge in [0.15, 0.2) is 0 Å². The van der Waals surface area contributed by atoms with E-state index in [1.807, 2.05) is 13.8 Å². The summed E-state index contributed by atoms with van der Waals surface area (Å²) >= 11 is 4.19. The third kappa shape index (κ3) is 4.23. The van der Waals surface area contributed by atoms with Gasteiger partial charge in [-0.3, -0.25) is 4.79 Å². The van der Waals surface area contributed by atoms with E-state index in [9.17, 15) is 4.79 Å². The second-order valence-corrected chi connectivity index (χ2v) is 4.50. The highest BCUT2D eigenvalue weighted by Crippen LogP contribution is 2.10. The second kappa shape index (κ2) is 4.57. The summed E-state index contributed by atoms with van der Waals surface area (Å²) in [6, 6.07) is 0. The molecular formula is C10H17NOS. The largest absolute Gasteiger partial charge is 0.339 e. The number of thiol groups is 1. The summed E-state index contributed by atoms with van der Waals surface area (Å²) in [6.45, 7) is 7.46. The van der Waals surface area contributed by atoms with E-state index in [0.717, 1.165) is 0 Å². The highest BCUT2D eigenvalue weighted by atomic mass is 32.1. The number of rotatable bonds is 3. The van der Waals surface area contributed by atoms with Gasteiger partial charge in [0.05, 0.1) is 10.8 Å². The molecule has 0 aliphatic heterocycles. The molecular weight excluding hydrogens is 182 g/mol. The Labute approximate surface area is 85.9 Å². The van der Waals surface area contributed by atoms with Crippen LogP contribution in [0.1, 0.15) is 27.7 Å². The number of hydrogen-bond acceptors (Lipinski definition) is 2. The molecule has 0 aliphatic carbocycles. The summed E-state index contributed by atoms with van der Waals surface area (Å²) in [5.74, 6) is 2.60. The third-order valence-corrected chi connectivity index (χ3v) is 2.53. The van der Waals surface area contributed by atoms with Crippen molar-refractivity contribution in [2.24, 2.45) is 5.92 Å². The zero-order valence-corrected chi connectivity index (χ0v) is 9.48. The van der Waals surface area contributed by atoms with Crippen LogP contribution in [0.25, 0.3) is 0 Å². The molecule has 0 rings (SSSR count). The van der Waals surface area contributed by atoms with E-state index in [4.69, 9.17) is 6.42 Å². The van der Waals surface area contributed by atoms with Crippen molar-refractivity contribution in [3.63, 3.8) is 0 Å². The predicted molar refractivity (Wildman–Crippen MR) is 58.7 cm³/mol. The molecule has 0 aliphatic rings. The third-order valence-electron chi connectivity index (χ3n) is 1.70. The summed E-state index contributed by atoms with van der Waals surface area (Å²) in [6.07, 6.45) is 5.24. The van der Waals surface area contributed by atoms with Crippen molar-refractivity contribution in [3.8, 4) is 12.3 Å². The molecule has 13 heavy (non-hydrogen) atoms. The van der Waals surface area contributed by atoms with Gasteiger partial charge >= 0.3 is 0 Å². The molecule has 74 valence electrons. The first-order valence-corrected chi connectivity index (χ1v) is 4.79. The molecule has 1 amide bonds. The average molecular weight is 199 g/mol. The van der Waals surface area contributed by atoms with Gasteiger partial charge in [-0.25, -0.2) is 0 Å². The molecule has 0 fully saturated rings. The van der Waals surface area contributed by atoms with Crippen LogP contribution in [0, 0.1) is 18.3 Å². The lowest BCUT2D eigenvalue weighted by Crippen LogP contribution is -2.46. The summed E-state index contributed by atoms with van der Waals surface area (Å²) in [5, 5.41) is 2.44. The molecule has 0 radical (unpaired) electrons. The number of amides is 1. The minimum Gasteiger partial charge on any atom is -0.339 e. The van der Waals surface area contributed by atoms with E-state index in [0.29, 0.717) is 0 Å². The molecule has 3 heteroatoms. The highest BCUT2D eigenvalue weighted by molar-refractivity contribution is 7.81. The maximum absolute atomic E-state index is 11.5. The topological polar surface area (TPSA) is 29.1 Å². The van der Waals surface area contributed by atoms with Gasteiger partial charge in [-0.15, -0.1) is 6.42 Å². The van der Waals surface area contributed by atoms with Crippen molar-refractivity contribution in [3.05, 3.63) is 0 Å². The van der Waals surface area contributed by atoms with E-state index in [-0.39, 0.29) is 17.1 Å². The molecule has 0 aromatic rings. The van der Waals surface area contributed by atoms with Crippen molar-refractivity contribution in [1.29, 1.82) is 0 Å². The number of carbonyl (C=O) groups is 1. The van der Waals surface area contributed by atoms with Gasteiger partial charge in [0.25, 0.3) is 0 Å². The Morgan fingerprint density at radius 2 is 2.00 bits per heavy atom. The normalized spacial score (nSPS) is 13.6. The van der Waals surface area contributed by atoms with Crippen molar-refractivity contribution in [1.82, 2.24) is 5.32 Å². The fourth-order valence-electron chi connectivity index (χ4n) is 0.721. The maximum Gasteiger partial charge on any atom is 0.234 e. The van der Waals surface area contributed by atoms with Crippen LogP contribution >= 0.6 is 12.6 Å². The SMILES string of the molecule is C#CC(C)(C)NC(=O)C(S)C(C)C. The van der Waals surface area contributed by atoms with Crippen LogP contribution in [0.3, 0.4) is 0 Å². The fourth-order valence-corrected chi connectivity index (χ4v) is 0.785. The van der Waals surface area contributed by atoms with E-state index in [1.165, 1.54) is 0 Å². The molecule has 0 bridgehead atoms. The van der Waals surface area contributed by atoms with Gasteiger partial charge in [-0.2, -0.15) is 12.6 Å². The smallest absolute Gasteiger partial charge is 0.234 e. The van der Waals surface area contributed by atoms with Gasteiger partial charge < -0.3 is 5.32 Å². The van der Waals surface area contributed by atoms with Gasteiger partial charge in [0.2, 0.25) is 5.91 Å². The molecule has 2 nitrogen and oxygen atoms in total. The van der Waals surface area contributed by atoms with Crippen LogP contribution in [0.4, 0.5) is 0 Å². The molecule has 1 N–H and O–H groups in total. The second-order valence-electron chi connectivity index (χ2n) is 3.95. The molecule has 1 unspecified atom stereocenters. The van der Waals surface area contributed by atoms with Gasteiger partial charge in [-0.05, 0) is 19.8 Å². The van der Waals surface area contributed by atoms with Crippen LogP contribution in [-0.2, 0) is 4.79 Å². The van der Waals surface area contributed by atoms with E-state index in [1.54, 1.807) is 13.8 Å². The van der Waals surface area contributed by atoms with Gasteiger partial charge in [-0.1, -0.05) is 19.8 Å². The van der Waals surface area contributed by atoms with E-state index in [2.05, 4.69) is 23.9 Å². The van der Waals surface area contributed by atoms with Crippen LogP contribution in [0.15, 0.2) is 0 Å². The van der Waals surface area contributed by atoms with Crippen LogP contribution in [-0.4, -0.2) is 16.7 Å². The van der Waals surface area contributed by atoms with Gasteiger partial charge in [0, 0.05) is 0 Å². The Hall–Kier alpha value is -0.620. The van der Waals surface area contributed by atoms with Crippen molar-refractivity contribution >= 4 is 18.5 Å². The standard InChI is InChI=1S/C10H17NOS/c1-6-10(4,5)11-9(12)8(13)7(2)3/h1,7-8,13H,2-5H3,(H,11,12). The lowest BCUT2D eigenvalue weighted by molar-refractivity contribution is -0.122. The van der Waals surface area contributed by atoms with E-state index < -0.39 is 5.54 Å². The van der Waals surface area contributed by atoms with E-state index >= 15 is 0 Å². The molecule has 0 saturated heterocycles. The van der Waals surface area contributed by atoms with Crippen LogP contribution < -0.4 is 5.32 Å². The van der Waals surface area contributed by atoms with Crippen molar-refractivity contribution in [2.75, 3.05) is 0 Å². The lowest BCUT2D eigenvalue weighted by atomic mass is 10.0. The summed E-state index contributed by atoms with van der Waals surface area (Å²) < 4.78 is 0. The molecule has 0 aromatic heterocycles. The van der Waals surface area contributed by atoms with Crippen molar-refractivity contribution in [2.45, 2.75) is 38.5 Å². The molecule has 0 heterocycles. The van der Waals surface area contributed by atoms with Gasteiger partial charge in [0.1, 0.15) is 0 Å². The first-order chi connectivity index (χ1) is 5.80. The Morgan fingerprint density at radius 1 is 1.54 bits per heavy atom. The lowest BCUT2D eigenvalue weighted by Gasteiger charge is -2.23. The fraction of sp³-hybridized carbons (Fsp3) is 0.700. The van der Waals surface area contributed by atoms with Crippen LogP contribution in [0.5, 0.6) is 0 Å². The zero-order valence-electron chi connectivity index (χ0n) is 8.59. The maximum atomic E-state index is 11.5. The zero-order chi connectivity index (χ0) is 10.6. The molecule has 0 saturated carbocycles. The number of hydrogen-bond donors (Lipinski definition) is 2. The summed E-state index contributed by atoms with van der Waals surface area (Å²) in [4.78, 5) is 11.5. The molecule has 0 aromatic carbocycles. The first-order valence-electron chi connectivity index (χ1n) is 4.28. The minimum atomic E-state index is -0.590. The quantitative estimate of drug-likeness (QED) is 0.523. The monoisotopic (exact) mass is 199 g/mol. The van der Waals surface area contributed by atoms with Crippen LogP contribution in [0.2, 0.25) is 0 Å².